The summed E-state index contributed by atoms with van der Waals surface area (Å²) in [6.07, 6.45) is 10.9. The van der Waals surface area contributed by atoms with Gasteiger partial charge in [0.05, 0.1) is 0 Å². The SMILES string of the molecule is Oc1ccc(C2CCC(C3CC=CC3)CC2)c(F)c1F. The highest BCUT2D eigenvalue weighted by molar-refractivity contribution is 5.32. The number of hydrogen-bond acceptors (Lipinski definition) is 1. The van der Waals surface area contributed by atoms with Gasteiger partial charge >= 0.3 is 0 Å². The van der Waals surface area contributed by atoms with Gasteiger partial charge in [-0.3, -0.25) is 0 Å². The number of hydrogen-bond donors (Lipinski definition) is 1. The lowest BCUT2D eigenvalue weighted by molar-refractivity contribution is 0.237. The fourth-order valence-corrected chi connectivity index (χ4v) is 3.79. The van der Waals surface area contributed by atoms with Gasteiger partial charge < -0.3 is 5.11 Å². The minimum absolute atomic E-state index is 0.0933. The lowest BCUT2D eigenvalue weighted by Gasteiger charge is -2.32. The molecule has 0 aliphatic heterocycles. The second-order valence-electron chi connectivity index (χ2n) is 6.12. The van der Waals surface area contributed by atoms with Crippen molar-refractivity contribution in [2.24, 2.45) is 11.8 Å². The second kappa shape index (κ2) is 5.55. The van der Waals surface area contributed by atoms with E-state index in [1.807, 2.05) is 0 Å². The summed E-state index contributed by atoms with van der Waals surface area (Å²) >= 11 is 0. The predicted octanol–water partition coefficient (Wildman–Crippen LogP) is 4.91. The largest absolute Gasteiger partial charge is 0.505 e. The van der Waals surface area contributed by atoms with E-state index < -0.39 is 17.4 Å². The Morgan fingerprint density at radius 3 is 2.15 bits per heavy atom. The van der Waals surface area contributed by atoms with Gasteiger partial charge in [-0.1, -0.05) is 18.2 Å². The number of rotatable bonds is 2. The molecule has 2 aliphatic rings. The van der Waals surface area contributed by atoms with Gasteiger partial charge in [0.25, 0.3) is 0 Å². The maximum absolute atomic E-state index is 13.9. The Balaban J connectivity index is 1.67. The minimum atomic E-state index is -1.11. The minimum Gasteiger partial charge on any atom is -0.505 e. The molecule has 3 heteroatoms. The summed E-state index contributed by atoms with van der Waals surface area (Å²) in [5.41, 5.74) is 0.434. The van der Waals surface area contributed by atoms with E-state index >= 15 is 0 Å². The van der Waals surface area contributed by atoms with Crippen LogP contribution in [0.5, 0.6) is 5.75 Å². The lowest BCUT2D eigenvalue weighted by atomic mass is 9.73. The van der Waals surface area contributed by atoms with Crippen LogP contribution in [0.25, 0.3) is 0 Å². The van der Waals surface area contributed by atoms with E-state index in [-0.39, 0.29) is 5.92 Å². The van der Waals surface area contributed by atoms with Crippen LogP contribution in [0, 0.1) is 23.5 Å². The summed E-state index contributed by atoms with van der Waals surface area (Å²) in [5.74, 6) is -0.989. The van der Waals surface area contributed by atoms with Crippen molar-refractivity contribution in [3.8, 4) is 5.75 Å². The predicted molar refractivity (Wildman–Crippen MR) is 74.6 cm³/mol. The van der Waals surface area contributed by atoms with Gasteiger partial charge in [0.1, 0.15) is 0 Å². The molecule has 0 heterocycles. The molecule has 0 unspecified atom stereocenters. The standard InChI is InChI=1S/C17H20F2O/c18-16-14(9-10-15(20)17(16)19)13-7-5-12(6-8-13)11-3-1-2-4-11/h1-2,9-13,20H,3-8H2. The maximum atomic E-state index is 13.9. The van der Waals surface area contributed by atoms with Crippen LogP contribution in [-0.4, -0.2) is 5.11 Å². The number of phenols is 1. The number of halogens is 2. The van der Waals surface area contributed by atoms with E-state index in [1.54, 1.807) is 0 Å². The van der Waals surface area contributed by atoms with E-state index in [0.29, 0.717) is 5.56 Å². The fraction of sp³-hybridized carbons (Fsp3) is 0.529. The number of benzene rings is 1. The second-order valence-corrected chi connectivity index (χ2v) is 6.12. The number of allylic oxidation sites excluding steroid dienone is 2. The first-order chi connectivity index (χ1) is 9.66. The summed E-state index contributed by atoms with van der Waals surface area (Å²) in [7, 11) is 0. The Bertz CT molecular complexity index is 508. The highest BCUT2D eigenvalue weighted by atomic mass is 19.2. The topological polar surface area (TPSA) is 20.2 Å². The molecule has 0 saturated heterocycles. The van der Waals surface area contributed by atoms with Crippen molar-refractivity contribution in [1.29, 1.82) is 0 Å². The molecule has 0 amide bonds. The van der Waals surface area contributed by atoms with Crippen molar-refractivity contribution in [1.82, 2.24) is 0 Å². The van der Waals surface area contributed by atoms with Crippen LogP contribution in [0.1, 0.15) is 50.0 Å². The summed E-state index contributed by atoms with van der Waals surface area (Å²) in [6.45, 7) is 0. The van der Waals surface area contributed by atoms with Crippen molar-refractivity contribution in [2.45, 2.75) is 44.4 Å². The van der Waals surface area contributed by atoms with E-state index in [1.165, 1.54) is 25.0 Å². The Morgan fingerprint density at radius 1 is 0.850 bits per heavy atom. The van der Waals surface area contributed by atoms with Gasteiger partial charge in [0, 0.05) is 0 Å². The van der Waals surface area contributed by atoms with Crippen LogP contribution in [0.15, 0.2) is 24.3 Å². The van der Waals surface area contributed by atoms with E-state index in [4.69, 9.17) is 0 Å². The number of phenolic OH excluding ortho intramolecular Hbond substituents is 1. The normalized spacial score (nSPS) is 27.1. The van der Waals surface area contributed by atoms with Crippen LogP contribution < -0.4 is 0 Å². The van der Waals surface area contributed by atoms with Crippen molar-refractivity contribution in [3.05, 3.63) is 41.5 Å². The van der Waals surface area contributed by atoms with Crippen LogP contribution in [0.4, 0.5) is 8.78 Å². The number of aromatic hydroxyl groups is 1. The third-order valence-electron chi connectivity index (χ3n) is 5.01. The Labute approximate surface area is 118 Å². The first-order valence-electron chi connectivity index (χ1n) is 7.48. The Hall–Kier alpha value is -1.38. The van der Waals surface area contributed by atoms with Crippen molar-refractivity contribution in [3.63, 3.8) is 0 Å². The third kappa shape index (κ3) is 2.46. The molecule has 1 fully saturated rings. The van der Waals surface area contributed by atoms with Crippen molar-refractivity contribution in [2.75, 3.05) is 0 Å². The molecule has 0 aromatic heterocycles. The average Bonchev–Trinajstić information content (AvgIpc) is 3.00. The van der Waals surface area contributed by atoms with Crippen molar-refractivity contribution >= 4 is 0 Å². The molecule has 2 aliphatic carbocycles. The molecule has 0 bridgehead atoms. The molecule has 1 N–H and O–H groups in total. The average molecular weight is 278 g/mol. The van der Waals surface area contributed by atoms with Gasteiger partial charge in [0.2, 0.25) is 5.82 Å². The third-order valence-corrected chi connectivity index (χ3v) is 5.01. The molecule has 1 aromatic rings. The van der Waals surface area contributed by atoms with Gasteiger partial charge in [-0.25, -0.2) is 4.39 Å². The van der Waals surface area contributed by atoms with Gasteiger partial charge in [-0.05, 0) is 67.9 Å². The molecule has 1 aromatic carbocycles. The zero-order valence-electron chi connectivity index (χ0n) is 11.5. The summed E-state index contributed by atoms with van der Waals surface area (Å²) in [4.78, 5) is 0. The summed E-state index contributed by atoms with van der Waals surface area (Å²) < 4.78 is 27.3. The van der Waals surface area contributed by atoms with Crippen LogP contribution in [-0.2, 0) is 0 Å². The smallest absolute Gasteiger partial charge is 0.200 e. The van der Waals surface area contributed by atoms with E-state index in [0.717, 1.165) is 37.5 Å². The highest BCUT2D eigenvalue weighted by Gasteiger charge is 2.30. The van der Waals surface area contributed by atoms with Crippen LogP contribution in [0.2, 0.25) is 0 Å². The summed E-state index contributed by atoms with van der Waals surface area (Å²) in [6, 6.07) is 2.80. The Morgan fingerprint density at radius 2 is 1.50 bits per heavy atom. The molecule has 0 spiro atoms. The molecule has 0 atom stereocenters. The molecule has 20 heavy (non-hydrogen) atoms. The molecular formula is C17H20F2O. The quantitative estimate of drug-likeness (QED) is 0.762. The van der Waals surface area contributed by atoms with Crippen LogP contribution in [0.3, 0.4) is 0 Å². The highest BCUT2D eigenvalue weighted by Crippen LogP contribution is 2.43. The maximum Gasteiger partial charge on any atom is 0.200 e. The van der Waals surface area contributed by atoms with Gasteiger partial charge in [-0.2, -0.15) is 4.39 Å². The van der Waals surface area contributed by atoms with Gasteiger partial charge in [0.15, 0.2) is 11.6 Å². The van der Waals surface area contributed by atoms with E-state index in [2.05, 4.69) is 12.2 Å². The zero-order chi connectivity index (χ0) is 14.1. The zero-order valence-corrected chi connectivity index (χ0v) is 11.5. The van der Waals surface area contributed by atoms with E-state index in [9.17, 15) is 13.9 Å². The monoisotopic (exact) mass is 278 g/mol. The molecule has 0 radical (unpaired) electrons. The first-order valence-corrected chi connectivity index (χ1v) is 7.48. The first kappa shape index (κ1) is 13.6. The van der Waals surface area contributed by atoms with Crippen molar-refractivity contribution < 1.29 is 13.9 Å². The molecule has 3 rings (SSSR count). The molecule has 1 saturated carbocycles. The molecule has 108 valence electrons. The molecular weight excluding hydrogens is 258 g/mol. The Kier molecular flexibility index (Phi) is 3.77. The fourth-order valence-electron chi connectivity index (χ4n) is 3.79. The molecule has 1 nitrogen and oxygen atoms in total. The summed E-state index contributed by atoms with van der Waals surface area (Å²) in [5, 5.41) is 9.19. The lowest BCUT2D eigenvalue weighted by Crippen LogP contribution is -2.20. The van der Waals surface area contributed by atoms with Crippen LogP contribution >= 0.6 is 0 Å². The van der Waals surface area contributed by atoms with Gasteiger partial charge in [-0.15, -0.1) is 0 Å².